The van der Waals surface area contributed by atoms with Crippen molar-refractivity contribution in [3.8, 4) is 5.69 Å². The van der Waals surface area contributed by atoms with Gasteiger partial charge in [-0.3, -0.25) is 9.59 Å². The number of nitrogens with one attached hydrogen (secondary N) is 1. The number of para-hydroxylation sites is 1. The van der Waals surface area contributed by atoms with Crippen LogP contribution in [0.3, 0.4) is 0 Å². The first-order chi connectivity index (χ1) is 13.7. The number of carbonyl (C=O) groups is 1. The highest BCUT2D eigenvalue weighted by molar-refractivity contribution is 6.04. The van der Waals surface area contributed by atoms with Gasteiger partial charge in [0.05, 0.1) is 11.1 Å². The Morgan fingerprint density at radius 2 is 1.64 bits per heavy atom. The van der Waals surface area contributed by atoms with Crippen LogP contribution in [-0.2, 0) is 0 Å². The standard InChI is InChI=1S/C22H24N4O2/c27-21(23-13-8-16-25-14-6-7-15-25)20-18-11-4-5-12-19(18)22(28)26(24-20)17-9-2-1-3-10-17/h1-5,9-12H,6-8,13-16H2,(H,23,27). The number of hydrogen-bond donors (Lipinski definition) is 1. The molecule has 1 amide bonds. The lowest BCUT2D eigenvalue weighted by Crippen LogP contribution is -2.32. The summed E-state index contributed by atoms with van der Waals surface area (Å²) in [5.41, 5.74) is 0.689. The SMILES string of the molecule is O=C(NCCCN1CCCC1)c1nn(-c2ccccc2)c(=O)c2ccccc12. The maximum Gasteiger partial charge on any atom is 0.279 e. The fourth-order valence-corrected chi connectivity index (χ4v) is 3.70. The van der Waals surface area contributed by atoms with E-state index in [9.17, 15) is 9.59 Å². The van der Waals surface area contributed by atoms with E-state index in [1.807, 2.05) is 24.3 Å². The van der Waals surface area contributed by atoms with Gasteiger partial charge in [-0.25, -0.2) is 0 Å². The summed E-state index contributed by atoms with van der Waals surface area (Å²) in [7, 11) is 0. The first kappa shape index (κ1) is 18.4. The summed E-state index contributed by atoms with van der Waals surface area (Å²) < 4.78 is 1.31. The summed E-state index contributed by atoms with van der Waals surface area (Å²) in [6.45, 7) is 3.90. The molecule has 0 spiro atoms. The number of benzene rings is 2. The Kier molecular flexibility index (Phi) is 5.48. The molecule has 0 radical (unpaired) electrons. The van der Waals surface area contributed by atoms with E-state index >= 15 is 0 Å². The summed E-state index contributed by atoms with van der Waals surface area (Å²) in [4.78, 5) is 28.1. The second kappa shape index (κ2) is 8.35. The quantitative estimate of drug-likeness (QED) is 0.672. The Morgan fingerprint density at radius 1 is 0.964 bits per heavy atom. The minimum absolute atomic E-state index is 0.229. The smallest absolute Gasteiger partial charge is 0.279 e. The van der Waals surface area contributed by atoms with Gasteiger partial charge < -0.3 is 10.2 Å². The molecule has 28 heavy (non-hydrogen) atoms. The second-order valence-electron chi connectivity index (χ2n) is 7.10. The number of likely N-dealkylation sites (tertiary alicyclic amines) is 1. The van der Waals surface area contributed by atoms with E-state index in [2.05, 4.69) is 15.3 Å². The fraction of sp³-hybridized carbons (Fsp3) is 0.318. The third kappa shape index (κ3) is 3.82. The highest BCUT2D eigenvalue weighted by atomic mass is 16.2. The maximum atomic E-state index is 12.9. The molecular formula is C22H24N4O2. The number of aromatic nitrogens is 2. The van der Waals surface area contributed by atoms with Gasteiger partial charge in [0.1, 0.15) is 0 Å². The molecule has 1 aromatic heterocycles. The molecule has 0 bridgehead atoms. The van der Waals surface area contributed by atoms with Crippen LogP contribution in [0.15, 0.2) is 59.4 Å². The van der Waals surface area contributed by atoms with Gasteiger partial charge in [-0.05, 0) is 57.1 Å². The zero-order chi connectivity index (χ0) is 19.3. The Hall–Kier alpha value is -2.99. The highest BCUT2D eigenvalue weighted by Crippen LogP contribution is 2.15. The third-order valence-corrected chi connectivity index (χ3v) is 5.16. The van der Waals surface area contributed by atoms with Crippen molar-refractivity contribution in [2.75, 3.05) is 26.2 Å². The zero-order valence-corrected chi connectivity index (χ0v) is 15.8. The van der Waals surface area contributed by atoms with E-state index < -0.39 is 0 Å². The first-order valence-corrected chi connectivity index (χ1v) is 9.82. The molecule has 0 atom stereocenters. The molecule has 144 valence electrons. The largest absolute Gasteiger partial charge is 0.351 e. The van der Waals surface area contributed by atoms with Crippen LogP contribution < -0.4 is 10.9 Å². The van der Waals surface area contributed by atoms with E-state index in [4.69, 9.17) is 0 Å². The zero-order valence-electron chi connectivity index (χ0n) is 15.8. The molecule has 3 aromatic rings. The van der Waals surface area contributed by atoms with Crippen LogP contribution >= 0.6 is 0 Å². The molecule has 2 aromatic carbocycles. The van der Waals surface area contributed by atoms with E-state index in [0.717, 1.165) is 26.1 Å². The third-order valence-electron chi connectivity index (χ3n) is 5.16. The monoisotopic (exact) mass is 376 g/mol. The Labute approximate surface area is 163 Å². The lowest BCUT2D eigenvalue weighted by atomic mass is 10.1. The van der Waals surface area contributed by atoms with Crippen molar-refractivity contribution in [2.24, 2.45) is 0 Å². The van der Waals surface area contributed by atoms with Gasteiger partial charge in [-0.15, -0.1) is 0 Å². The number of rotatable bonds is 6. The average molecular weight is 376 g/mol. The Morgan fingerprint density at radius 3 is 2.39 bits per heavy atom. The van der Waals surface area contributed by atoms with Crippen molar-refractivity contribution in [2.45, 2.75) is 19.3 Å². The van der Waals surface area contributed by atoms with Crippen molar-refractivity contribution in [3.63, 3.8) is 0 Å². The molecule has 1 aliphatic rings. The van der Waals surface area contributed by atoms with Gasteiger partial charge in [0.15, 0.2) is 5.69 Å². The van der Waals surface area contributed by atoms with Crippen LogP contribution in [0.25, 0.3) is 16.5 Å². The van der Waals surface area contributed by atoms with Crippen LogP contribution in [0.2, 0.25) is 0 Å². The number of amides is 1. The van der Waals surface area contributed by atoms with Gasteiger partial charge in [-0.2, -0.15) is 9.78 Å². The summed E-state index contributed by atoms with van der Waals surface area (Å²) in [6.07, 6.45) is 3.44. The van der Waals surface area contributed by atoms with Crippen molar-refractivity contribution < 1.29 is 4.79 Å². The minimum atomic E-state index is -0.248. The molecule has 1 fully saturated rings. The summed E-state index contributed by atoms with van der Waals surface area (Å²) in [6, 6.07) is 16.3. The molecule has 4 rings (SSSR count). The predicted molar refractivity (Wildman–Crippen MR) is 110 cm³/mol. The van der Waals surface area contributed by atoms with Crippen LogP contribution in [0.5, 0.6) is 0 Å². The minimum Gasteiger partial charge on any atom is -0.351 e. The van der Waals surface area contributed by atoms with Crippen molar-refractivity contribution in [3.05, 3.63) is 70.6 Å². The van der Waals surface area contributed by atoms with Crippen LogP contribution in [0.1, 0.15) is 29.8 Å². The number of hydrogen-bond acceptors (Lipinski definition) is 4. The summed E-state index contributed by atoms with van der Waals surface area (Å²) in [5, 5.41) is 8.45. The molecule has 1 N–H and O–H groups in total. The van der Waals surface area contributed by atoms with Gasteiger partial charge in [0, 0.05) is 11.9 Å². The van der Waals surface area contributed by atoms with Crippen LogP contribution in [0, 0.1) is 0 Å². The molecule has 1 saturated heterocycles. The van der Waals surface area contributed by atoms with Crippen molar-refractivity contribution in [1.82, 2.24) is 20.0 Å². The molecule has 1 aliphatic heterocycles. The second-order valence-corrected chi connectivity index (χ2v) is 7.10. The predicted octanol–water partition coefficient (Wildman–Crippen LogP) is 2.60. The topological polar surface area (TPSA) is 67.2 Å². The van der Waals surface area contributed by atoms with E-state index in [0.29, 0.717) is 23.0 Å². The number of carbonyl (C=O) groups excluding carboxylic acids is 1. The maximum absolute atomic E-state index is 12.9. The lowest BCUT2D eigenvalue weighted by molar-refractivity contribution is 0.0947. The van der Waals surface area contributed by atoms with Gasteiger partial charge >= 0.3 is 0 Å². The summed E-state index contributed by atoms with van der Waals surface area (Å²) >= 11 is 0. The Balaban J connectivity index is 1.59. The van der Waals surface area contributed by atoms with E-state index in [1.165, 1.54) is 17.5 Å². The molecular weight excluding hydrogens is 352 g/mol. The molecule has 0 aliphatic carbocycles. The van der Waals surface area contributed by atoms with Gasteiger partial charge in [0.2, 0.25) is 0 Å². The molecule has 6 heteroatoms. The van der Waals surface area contributed by atoms with Crippen LogP contribution in [0.4, 0.5) is 0 Å². The number of fused-ring (bicyclic) bond motifs is 1. The summed E-state index contributed by atoms with van der Waals surface area (Å²) in [5.74, 6) is -0.248. The van der Waals surface area contributed by atoms with Crippen molar-refractivity contribution >= 4 is 16.7 Å². The van der Waals surface area contributed by atoms with Crippen molar-refractivity contribution in [1.29, 1.82) is 0 Å². The molecule has 2 heterocycles. The van der Waals surface area contributed by atoms with Crippen LogP contribution in [-0.4, -0.2) is 46.8 Å². The highest BCUT2D eigenvalue weighted by Gasteiger charge is 2.17. The lowest BCUT2D eigenvalue weighted by Gasteiger charge is -2.15. The number of nitrogens with zero attached hydrogens (tertiary/aromatic N) is 3. The van der Waals surface area contributed by atoms with E-state index in [1.54, 1.807) is 30.3 Å². The van der Waals surface area contributed by atoms with Gasteiger partial charge in [-0.1, -0.05) is 36.4 Å². The Bertz CT molecular complexity index is 1020. The first-order valence-electron chi connectivity index (χ1n) is 9.82. The average Bonchev–Trinajstić information content (AvgIpc) is 3.26. The molecule has 6 nitrogen and oxygen atoms in total. The van der Waals surface area contributed by atoms with Gasteiger partial charge in [0.25, 0.3) is 11.5 Å². The normalized spacial score (nSPS) is 14.4. The fourth-order valence-electron chi connectivity index (χ4n) is 3.70. The van der Waals surface area contributed by atoms with E-state index in [-0.39, 0.29) is 17.2 Å². The molecule has 0 unspecified atom stereocenters. The molecule has 0 saturated carbocycles.